The lowest BCUT2D eigenvalue weighted by Gasteiger charge is -2.05. The molecule has 0 aliphatic carbocycles. The molecule has 1 N–H and O–H groups in total. The SMILES string of the molecule is Cc1ccc([N+](=O)[O-])c(NC(=O)C(F)F)c1. The van der Waals surface area contributed by atoms with Gasteiger partial charge in [0.1, 0.15) is 5.69 Å². The number of carbonyl (C=O) groups is 1. The van der Waals surface area contributed by atoms with Crippen molar-refractivity contribution >= 4 is 17.3 Å². The number of benzene rings is 1. The number of nitrogens with zero attached hydrogens (tertiary/aromatic N) is 1. The van der Waals surface area contributed by atoms with Crippen molar-refractivity contribution in [2.75, 3.05) is 5.32 Å². The van der Waals surface area contributed by atoms with Crippen LogP contribution in [0.2, 0.25) is 0 Å². The maximum absolute atomic E-state index is 12.0. The molecule has 0 aliphatic heterocycles. The van der Waals surface area contributed by atoms with Crippen LogP contribution in [-0.4, -0.2) is 17.3 Å². The first-order valence-corrected chi connectivity index (χ1v) is 4.26. The molecule has 0 spiro atoms. The normalized spacial score (nSPS) is 10.2. The molecule has 1 aromatic rings. The fraction of sp³-hybridized carbons (Fsp3) is 0.222. The molecule has 1 rings (SSSR count). The second-order valence-electron chi connectivity index (χ2n) is 3.07. The molecule has 16 heavy (non-hydrogen) atoms. The van der Waals surface area contributed by atoms with E-state index >= 15 is 0 Å². The monoisotopic (exact) mass is 230 g/mol. The predicted molar refractivity (Wildman–Crippen MR) is 52.5 cm³/mol. The van der Waals surface area contributed by atoms with Crippen LogP contribution in [-0.2, 0) is 4.79 Å². The highest BCUT2D eigenvalue weighted by Crippen LogP contribution is 2.25. The quantitative estimate of drug-likeness (QED) is 0.638. The average molecular weight is 230 g/mol. The van der Waals surface area contributed by atoms with Gasteiger partial charge in [0.15, 0.2) is 0 Å². The Bertz CT molecular complexity index is 435. The van der Waals surface area contributed by atoms with Crippen LogP contribution in [0, 0.1) is 17.0 Å². The van der Waals surface area contributed by atoms with E-state index in [-0.39, 0.29) is 5.69 Å². The number of hydrogen-bond acceptors (Lipinski definition) is 3. The number of alkyl halides is 2. The van der Waals surface area contributed by atoms with E-state index in [0.29, 0.717) is 5.56 Å². The minimum absolute atomic E-state index is 0.227. The van der Waals surface area contributed by atoms with Crippen LogP contribution >= 0.6 is 0 Å². The van der Waals surface area contributed by atoms with Crippen LogP contribution < -0.4 is 5.32 Å². The molecule has 0 aliphatic rings. The van der Waals surface area contributed by atoms with Crippen molar-refractivity contribution in [2.24, 2.45) is 0 Å². The number of nitrogens with one attached hydrogen (secondary N) is 1. The number of aryl methyl sites for hydroxylation is 1. The summed E-state index contributed by atoms with van der Waals surface area (Å²) < 4.78 is 23.9. The first-order valence-electron chi connectivity index (χ1n) is 4.26. The van der Waals surface area contributed by atoms with Gasteiger partial charge in [0.25, 0.3) is 11.6 Å². The summed E-state index contributed by atoms with van der Waals surface area (Å²) in [6.45, 7) is 1.63. The van der Waals surface area contributed by atoms with Crippen LogP contribution in [0.1, 0.15) is 5.56 Å². The standard InChI is InChI=1S/C9H8F2N2O3/c1-5-2-3-7(13(15)16)6(4-5)12-9(14)8(10)11/h2-4,8H,1H3,(H,12,14). The first-order chi connectivity index (χ1) is 7.41. The zero-order chi connectivity index (χ0) is 12.3. The molecular formula is C9H8F2N2O3. The highest BCUT2D eigenvalue weighted by atomic mass is 19.3. The summed E-state index contributed by atoms with van der Waals surface area (Å²) in [6.07, 6.45) is -3.21. The van der Waals surface area contributed by atoms with E-state index in [0.717, 1.165) is 6.07 Å². The Balaban J connectivity index is 3.06. The number of nitro benzene ring substituents is 1. The molecule has 0 aromatic heterocycles. The molecule has 1 aromatic carbocycles. The maximum Gasteiger partial charge on any atom is 0.315 e. The lowest BCUT2D eigenvalue weighted by atomic mass is 10.2. The van der Waals surface area contributed by atoms with Gasteiger partial charge in [-0.1, -0.05) is 6.07 Å². The summed E-state index contributed by atoms with van der Waals surface area (Å²) in [5.41, 5.74) is -0.0231. The number of nitro groups is 1. The summed E-state index contributed by atoms with van der Waals surface area (Å²) in [5, 5.41) is 12.4. The van der Waals surface area contributed by atoms with Crippen molar-refractivity contribution < 1.29 is 18.5 Å². The number of carbonyl (C=O) groups excluding carboxylic acids is 1. The van der Waals surface area contributed by atoms with E-state index in [2.05, 4.69) is 0 Å². The topological polar surface area (TPSA) is 72.2 Å². The third kappa shape index (κ3) is 2.72. The van der Waals surface area contributed by atoms with Gasteiger partial charge in [-0.15, -0.1) is 0 Å². The number of rotatable bonds is 3. The third-order valence-corrected chi connectivity index (χ3v) is 1.80. The summed E-state index contributed by atoms with van der Waals surface area (Å²) in [6, 6.07) is 3.87. The summed E-state index contributed by atoms with van der Waals surface area (Å²) in [4.78, 5) is 20.5. The molecule has 0 unspecified atom stereocenters. The fourth-order valence-electron chi connectivity index (χ4n) is 1.10. The van der Waals surface area contributed by atoms with E-state index in [1.165, 1.54) is 12.1 Å². The Hall–Kier alpha value is -2.05. The van der Waals surface area contributed by atoms with E-state index in [1.54, 1.807) is 12.2 Å². The largest absolute Gasteiger partial charge is 0.315 e. The highest BCUT2D eigenvalue weighted by molar-refractivity contribution is 5.95. The lowest BCUT2D eigenvalue weighted by Crippen LogP contribution is -2.20. The highest BCUT2D eigenvalue weighted by Gasteiger charge is 2.20. The Kier molecular flexibility index (Phi) is 3.49. The van der Waals surface area contributed by atoms with Gasteiger partial charge in [-0.05, 0) is 18.6 Å². The molecular weight excluding hydrogens is 222 g/mol. The second-order valence-corrected chi connectivity index (χ2v) is 3.07. The molecule has 0 heterocycles. The van der Waals surface area contributed by atoms with E-state index in [1.807, 2.05) is 0 Å². The minimum atomic E-state index is -3.21. The number of halogens is 2. The van der Waals surface area contributed by atoms with Gasteiger partial charge >= 0.3 is 6.43 Å². The van der Waals surface area contributed by atoms with Crippen LogP contribution in [0.4, 0.5) is 20.2 Å². The smallest absolute Gasteiger partial charge is 0.315 e. The van der Waals surface area contributed by atoms with Crippen LogP contribution in [0.3, 0.4) is 0 Å². The van der Waals surface area contributed by atoms with Crippen LogP contribution in [0.5, 0.6) is 0 Å². The average Bonchev–Trinajstić information content (AvgIpc) is 2.16. The Morgan fingerprint density at radius 1 is 1.50 bits per heavy atom. The van der Waals surface area contributed by atoms with Gasteiger partial charge in [-0.25, -0.2) is 0 Å². The molecule has 86 valence electrons. The van der Waals surface area contributed by atoms with Crippen molar-refractivity contribution in [3.05, 3.63) is 33.9 Å². The minimum Gasteiger partial charge on any atom is -0.315 e. The van der Waals surface area contributed by atoms with Crippen LogP contribution in [0.25, 0.3) is 0 Å². The molecule has 0 saturated heterocycles. The van der Waals surface area contributed by atoms with Crippen molar-refractivity contribution in [1.29, 1.82) is 0 Å². The lowest BCUT2D eigenvalue weighted by molar-refractivity contribution is -0.383. The Labute approximate surface area is 89.2 Å². The van der Waals surface area contributed by atoms with Gasteiger partial charge in [0.05, 0.1) is 4.92 Å². The number of anilines is 1. The molecule has 7 heteroatoms. The number of hydrogen-bond donors (Lipinski definition) is 1. The Morgan fingerprint density at radius 3 is 2.62 bits per heavy atom. The maximum atomic E-state index is 12.0. The van der Waals surface area contributed by atoms with Crippen molar-refractivity contribution in [3.63, 3.8) is 0 Å². The van der Waals surface area contributed by atoms with Crippen LogP contribution in [0.15, 0.2) is 18.2 Å². The van der Waals surface area contributed by atoms with Crippen molar-refractivity contribution in [3.8, 4) is 0 Å². The second kappa shape index (κ2) is 4.65. The molecule has 1 amide bonds. The molecule has 5 nitrogen and oxygen atoms in total. The predicted octanol–water partition coefficient (Wildman–Crippen LogP) is 2.11. The molecule has 0 atom stereocenters. The van der Waals surface area contributed by atoms with Gasteiger partial charge in [0, 0.05) is 6.07 Å². The van der Waals surface area contributed by atoms with Gasteiger partial charge < -0.3 is 5.32 Å². The van der Waals surface area contributed by atoms with E-state index in [4.69, 9.17) is 0 Å². The van der Waals surface area contributed by atoms with Crippen molar-refractivity contribution in [1.82, 2.24) is 0 Å². The molecule has 0 radical (unpaired) electrons. The van der Waals surface area contributed by atoms with Gasteiger partial charge in [-0.3, -0.25) is 14.9 Å². The van der Waals surface area contributed by atoms with E-state index < -0.39 is 22.9 Å². The zero-order valence-electron chi connectivity index (χ0n) is 8.24. The fourth-order valence-corrected chi connectivity index (χ4v) is 1.10. The zero-order valence-corrected chi connectivity index (χ0v) is 8.24. The van der Waals surface area contributed by atoms with Crippen molar-refractivity contribution in [2.45, 2.75) is 13.3 Å². The summed E-state index contributed by atoms with van der Waals surface area (Å²) >= 11 is 0. The summed E-state index contributed by atoms with van der Waals surface area (Å²) in [7, 11) is 0. The third-order valence-electron chi connectivity index (χ3n) is 1.80. The molecule has 0 fully saturated rings. The molecule has 0 bridgehead atoms. The van der Waals surface area contributed by atoms with E-state index in [9.17, 15) is 23.7 Å². The molecule has 0 saturated carbocycles. The van der Waals surface area contributed by atoms with Gasteiger partial charge in [0.2, 0.25) is 0 Å². The van der Waals surface area contributed by atoms with Gasteiger partial charge in [-0.2, -0.15) is 8.78 Å². The first kappa shape index (κ1) is 12.0. The number of amides is 1. The Morgan fingerprint density at radius 2 is 2.12 bits per heavy atom. The summed E-state index contributed by atoms with van der Waals surface area (Å²) in [5.74, 6) is -1.56.